The molecule has 100 valence electrons. The number of hydrogen-bond donors (Lipinski definition) is 2. The second kappa shape index (κ2) is 5.96. The van der Waals surface area contributed by atoms with E-state index in [1.54, 1.807) is 12.1 Å². The molecule has 1 rings (SSSR count). The van der Waals surface area contributed by atoms with Gasteiger partial charge in [-0.3, -0.25) is 4.79 Å². The van der Waals surface area contributed by atoms with Gasteiger partial charge < -0.3 is 11.1 Å². The lowest BCUT2D eigenvalue weighted by Crippen LogP contribution is -2.52. The van der Waals surface area contributed by atoms with Gasteiger partial charge in [0.05, 0.1) is 5.56 Å². The van der Waals surface area contributed by atoms with Crippen molar-refractivity contribution in [1.29, 1.82) is 0 Å². The van der Waals surface area contributed by atoms with Crippen molar-refractivity contribution < 1.29 is 9.18 Å². The van der Waals surface area contributed by atoms with Gasteiger partial charge in [-0.25, -0.2) is 4.39 Å². The molecule has 3 N–H and O–H groups in total. The van der Waals surface area contributed by atoms with Crippen LogP contribution in [0.1, 0.15) is 37.6 Å². The Kier molecular flexibility index (Phi) is 4.84. The molecule has 0 saturated heterocycles. The molecule has 1 amide bonds. The fourth-order valence-electron chi connectivity index (χ4n) is 2.07. The highest BCUT2D eigenvalue weighted by Crippen LogP contribution is 2.16. The van der Waals surface area contributed by atoms with Gasteiger partial charge in [0.2, 0.25) is 0 Å². The number of halogens is 1. The van der Waals surface area contributed by atoms with Crippen LogP contribution in [0.15, 0.2) is 24.3 Å². The Balaban J connectivity index is 2.83. The van der Waals surface area contributed by atoms with Gasteiger partial charge in [0.1, 0.15) is 5.82 Å². The molecule has 3 nitrogen and oxygen atoms in total. The molecule has 0 aliphatic rings. The van der Waals surface area contributed by atoms with Crippen molar-refractivity contribution in [2.75, 3.05) is 6.54 Å². The van der Waals surface area contributed by atoms with E-state index in [1.165, 1.54) is 12.1 Å². The highest BCUT2D eigenvalue weighted by atomic mass is 19.1. The molecule has 18 heavy (non-hydrogen) atoms. The maximum Gasteiger partial charge on any atom is 0.254 e. The van der Waals surface area contributed by atoms with Gasteiger partial charge in [0.25, 0.3) is 5.91 Å². The Morgan fingerprint density at radius 2 is 2.06 bits per heavy atom. The van der Waals surface area contributed by atoms with Crippen LogP contribution in [0.5, 0.6) is 0 Å². The van der Waals surface area contributed by atoms with Gasteiger partial charge in [-0.05, 0) is 31.4 Å². The fraction of sp³-hybridized carbons (Fsp3) is 0.500. The number of hydrogen-bond acceptors (Lipinski definition) is 2. The van der Waals surface area contributed by atoms with Crippen LogP contribution in [-0.2, 0) is 0 Å². The first kappa shape index (κ1) is 14.6. The van der Waals surface area contributed by atoms with Gasteiger partial charge in [-0.1, -0.05) is 26.0 Å². The summed E-state index contributed by atoms with van der Waals surface area (Å²) in [7, 11) is 0. The molecule has 0 aliphatic carbocycles. The predicted molar refractivity (Wildman–Crippen MR) is 70.8 cm³/mol. The lowest BCUT2D eigenvalue weighted by Gasteiger charge is -2.31. The third-order valence-electron chi connectivity index (χ3n) is 2.84. The van der Waals surface area contributed by atoms with Crippen molar-refractivity contribution in [3.05, 3.63) is 35.6 Å². The Morgan fingerprint density at radius 1 is 1.44 bits per heavy atom. The summed E-state index contributed by atoms with van der Waals surface area (Å²) in [5, 5.41) is 2.83. The highest BCUT2D eigenvalue weighted by molar-refractivity contribution is 5.94. The molecule has 0 spiro atoms. The molecule has 0 aliphatic heterocycles. The van der Waals surface area contributed by atoms with Crippen molar-refractivity contribution >= 4 is 5.91 Å². The number of nitrogens with two attached hydrogens (primary N) is 1. The number of rotatable bonds is 5. The predicted octanol–water partition coefficient (Wildman–Crippen LogP) is 2.32. The molecule has 1 atom stereocenters. The summed E-state index contributed by atoms with van der Waals surface area (Å²) in [5.74, 6) is -0.528. The SMILES string of the molecule is CC(C)CC(C)(CN)NC(=O)c1ccccc1F. The number of carbonyl (C=O) groups is 1. The topological polar surface area (TPSA) is 55.1 Å². The lowest BCUT2D eigenvalue weighted by molar-refractivity contribution is 0.0894. The molecule has 0 bridgehead atoms. The molecule has 4 heteroatoms. The first-order valence-electron chi connectivity index (χ1n) is 6.15. The van der Waals surface area contributed by atoms with Crippen LogP contribution in [0.4, 0.5) is 4.39 Å². The van der Waals surface area contributed by atoms with Crippen molar-refractivity contribution in [3.8, 4) is 0 Å². The molecule has 0 aromatic heterocycles. The summed E-state index contributed by atoms with van der Waals surface area (Å²) in [6.07, 6.45) is 0.754. The zero-order valence-electron chi connectivity index (χ0n) is 11.2. The third-order valence-corrected chi connectivity index (χ3v) is 2.84. The smallest absolute Gasteiger partial charge is 0.254 e. The summed E-state index contributed by atoms with van der Waals surface area (Å²) in [5.41, 5.74) is 5.26. The van der Waals surface area contributed by atoms with E-state index in [1.807, 2.05) is 6.92 Å². The first-order chi connectivity index (χ1) is 8.38. The van der Waals surface area contributed by atoms with Gasteiger partial charge in [0, 0.05) is 12.1 Å². The van der Waals surface area contributed by atoms with Gasteiger partial charge in [-0.15, -0.1) is 0 Å². The van der Waals surface area contributed by atoms with E-state index in [0.717, 1.165) is 6.42 Å². The Bertz CT molecular complexity index is 420. The van der Waals surface area contributed by atoms with E-state index in [2.05, 4.69) is 19.2 Å². The molecule has 1 aromatic rings. The quantitative estimate of drug-likeness (QED) is 0.845. The van der Waals surface area contributed by atoms with Crippen LogP contribution in [0.2, 0.25) is 0 Å². The summed E-state index contributed by atoms with van der Waals surface area (Å²) in [6.45, 7) is 6.32. The molecule has 1 unspecified atom stereocenters. The average molecular weight is 252 g/mol. The van der Waals surface area contributed by atoms with E-state index in [-0.39, 0.29) is 5.56 Å². The van der Waals surface area contributed by atoms with Crippen LogP contribution >= 0.6 is 0 Å². The van der Waals surface area contributed by atoms with Crippen molar-refractivity contribution in [3.63, 3.8) is 0 Å². The summed E-state index contributed by atoms with van der Waals surface area (Å²) >= 11 is 0. The standard InChI is InChI=1S/C14H21FN2O/c1-10(2)8-14(3,9-16)17-13(18)11-6-4-5-7-12(11)15/h4-7,10H,8-9,16H2,1-3H3,(H,17,18). The lowest BCUT2D eigenvalue weighted by atomic mass is 9.90. The second-order valence-corrected chi connectivity index (χ2v) is 5.30. The van der Waals surface area contributed by atoms with Crippen LogP contribution in [0.25, 0.3) is 0 Å². The fourth-order valence-corrected chi connectivity index (χ4v) is 2.07. The Labute approximate surface area is 108 Å². The molecular formula is C14H21FN2O. The van der Waals surface area contributed by atoms with Crippen molar-refractivity contribution in [2.45, 2.75) is 32.7 Å². The van der Waals surface area contributed by atoms with E-state index < -0.39 is 17.3 Å². The number of benzene rings is 1. The van der Waals surface area contributed by atoms with E-state index >= 15 is 0 Å². The van der Waals surface area contributed by atoms with Gasteiger partial charge in [-0.2, -0.15) is 0 Å². The minimum absolute atomic E-state index is 0.0564. The normalized spacial score (nSPS) is 14.3. The first-order valence-corrected chi connectivity index (χ1v) is 6.15. The molecule has 0 radical (unpaired) electrons. The minimum Gasteiger partial charge on any atom is -0.346 e. The van der Waals surface area contributed by atoms with E-state index in [4.69, 9.17) is 5.73 Å². The molecular weight excluding hydrogens is 231 g/mol. The second-order valence-electron chi connectivity index (χ2n) is 5.30. The van der Waals surface area contributed by atoms with E-state index in [0.29, 0.717) is 12.5 Å². The van der Waals surface area contributed by atoms with Crippen molar-refractivity contribution in [1.82, 2.24) is 5.32 Å². The van der Waals surface area contributed by atoms with Crippen LogP contribution in [0.3, 0.4) is 0 Å². The monoisotopic (exact) mass is 252 g/mol. The molecule has 0 heterocycles. The summed E-state index contributed by atoms with van der Waals surface area (Å²) in [6, 6.07) is 5.94. The zero-order valence-corrected chi connectivity index (χ0v) is 11.2. The number of nitrogens with one attached hydrogen (secondary N) is 1. The summed E-state index contributed by atoms with van der Waals surface area (Å²) in [4.78, 5) is 12.0. The maximum absolute atomic E-state index is 13.5. The van der Waals surface area contributed by atoms with Gasteiger partial charge in [0.15, 0.2) is 0 Å². The van der Waals surface area contributed by atoms with Crippen LogP contribution in [0, 0.1) is 11.7 Å². The van der Waals surface area contributed by atoms with Crippen LogP contribution in [-0.4, -0.2) is 18.0 Å². The van der Waals surface area contributed by atoms with E-state index in [9.17, 15) is 9.18 Å². The Morgan fingerprint density at radius 3 is 2.56 bits per heavy atom. The maximum atomic E-state index is 13.5. The third kappa shape index (κ3) is 3.81. The molecule has 1 aromatic carbocycles. The molecule has 0 fully saturated rings. The average Bonchev–Trinajstić information content (AvgIpc) is 2.28. The largest absolute Gasteiger partial charge is 0.346 e. The number of amides is 1. The zero-order chi connectivity index (χ0) is 13.8. The molecule has 0 saturated carbocycles. The van der Waals surface area contributed by atoms with Crippen LogP contribution < -0.4 is 11.1 Å². The van der Waals surface area contributed by atoms with Gasteiger partial charge >= 0.3 is 0 Å². The van der Waals surface area contributed by atoms with Crippen molar-refractivity contribution in [2.24, 2.45) is 11.7 Å². The Hall–Kier alpha value is -1.42. The summed E-state index contributed by atoms with van der Waals surface area (Å²) < 4.78 is 13.5. The number of carbonyl (C=O) groups excluding carboxylic acids is 1. The minimum atomic E-state index is -0.515. The highest BCUT2D eigenvalue weighted by Gasteiger charge is 2.27.